The van der Waals surface area contributed by atoms with Crippen LogP contribution in [0.25, 0.3) is 0 Å². The fourth-order valence-electron chi connectivity index (χ4n) is 1.03. The smallest absolute Gasteiger partial charge is 0.251 e. The number of nitriles is 1. The fourth-order valence-corrected chi connectivity index (χ4v) is 1.03. The first-order valence-corrected chi connectivity index (χ1v) is 4.48. The summed E-state index contributed by atoms with van der Waals surface area (Å²) in [6.07, 6.45) is 1.40. The molecule has 0 unspecified atom stereocenters. The molecule has 0 bridgehead atoms. The molecular formula is C9H12N4O2. The van der Waals surface area contributed by atoms with Crippen molar-refractivity contribution in [1.29, 1.82) is 5.26 Å². The van der Waals surface area contributed by atoms with Gasteiger partial charge in [-0.15, -0.1) is 0 Å². The molecule has 0 aromatic carbocycles. The van der Waals surface area contributed by atoms with Crippen molar-refractivity contribution < 1.29 is 9.53 Å². The van der Waals surface area contributed by atoms with Crippen molar-refractivity contribution in [2.75, 3.05) is 18.5 Å². The summed E-state index contributed by atoms with van der Waals surface area (Å²) in [6.45, 7) is 2.26. The second-order valence-corrected chi connectivity index (χ2v) is 2.83. The van der Waals surface area contributed by atoms with Crippen LogP contribution in [-0.4, -0.2) is 28.9 Å². The first-order valence-electron chi connectivity index (χ1n) is 4.48. The van der Waals surface area contributed by atoms with Gasteiger partial charge in [0, 0.05) is 13.7 Å². The van der Waals surface area contributed by atoms with Crippen LogP contribution in [0.2, 0.25) is 0 Å². The molecule has 1 amide bonds. The highest BCUT2D eigenvalue weighted by Crippen LogP contribution is 2.11. The Bertz CT molecular complexity index is 391. The molecular weight excluding hydrogens is 196 g/mol. The second-order valence-electron chi connectivity index (χ2n) is 2.83. The number of ether oxygens (including phenoxy) is 1. The van der Waals surface area contributed by atoms with Gasteiger partial charge in [0.25, 0.3) is 5.91 Å². The van der Waals surface area contributed by atoms with Crippen LogP contribution in [0.3, 0.4) is 0 Å². The van der Waals surface area contributed by atoms with Crippen molar-refractivity contribution in [1.82, 2.24) is 9.78 Å². The number of rotatable bonds is 4. The van der Waals surface area contributed by atoms with Gasteiger partial charge in [0.2, 0.25) is 0 Å². The fraction of sp³-hybridized carbons (Fsp3) is 0.444. The summed E-state index contributed by atoms with van der Waals surface area (Å²) in [5.74, 6) is 0.0964. The largest absolute Gasteiger partial charge is 0.372 e. The number of aryl methyl sites for hydroxylation is 1. The molecule has 80 valence electrons. The number of aromatic nitrogens is 2. The number of nitrogens with zero attached hydrogens (tertiary/aromatic N) is 3. The molecule has 0 saturated heterocycles. The van der Waals surface area contributed by atoms with Gasteiger partial charge in [0.1, 0.15) is 24.1 Å². The summed E-state index contributed by atoms with van der Waals surface area (Å²) < 4.78 is 6.37. The molecule has 0 fully saturated rings. The third kappa shape index (κ3) is 2.79. The molecule has 0 aliphatic carbocycles. The average molecular weight is 208 g/mol. The number of nitrogens with one attached hydrogen (secondary N) is 1. The molecule has 1 aromatic rings. The van der Waals surface area contributed by atoms with E-state index in [0.717, 1.165) is 0 Å². The zero-order valence-corrected chi connectivity index (χ0v) is 8.65. The first-order chi connectivity index (χ1) is 7.19. The summed E-state index contributed by atoms with van der Waals surface area (Å²) in [4.78, 5) is 11.3. The van der Waals surface area contributed by atoms with Crippen molar-refractivity contribution in [3.8, 4) is 6.07 Å². The van der Waals surface area contributed by atoms with Gasteiger partial charge in [0.05, 0.1) is 6.20 Å². The Labute approximate surface area is 87.4 Å². The summed E-state index contributed by atoms with van der Waals surface area (Å²) in [7, 11) is 1.65. The van der Waals surface area contributed by atoms with E-state index in [2.05, 4.69) is 10.4 Å². The van der Waals surface area contributed by atoms with Crippen molar-refractivity contribution in [3.63, 3.8) is 0 Å². The van der Waals surface area contributed by atoms with Crippen molar-refractivity contribution >= 4 is 11.7 Å². The van der Waals surface area contributed by atoms with Crippen LogP contribution in [0.4, 0.5) is 5.82 Å². The highest BCUT2D eigenvalue weighted by Gasteiger charge is 2.10. The first kappa shape index (κ1) is 11.2. The minimum atomic E-state index is -0.294. The molecule has 0 aliphatic rings. The zero-order chi connectivity index (χ0) is 11.3. The normalized spacial score (nSPS) is 9.67. The molecule has 0 radical (unpaired) electrons. The summed E-state index contributed by atoms with van der Waals surface area (Å²) >= 11 is 0. The second kappa shape index (κ2) is 5.12. The van der Waals surface area contributed by atoms with Crippen molar-refractivity contribution in [2.24, 2.45) is 7.05 Å². The molecule has 15 heavy (non-hydrogen) atoms. The molecule has 1 rings (SSSR count). The lowest BCUT2D eigenvalue weighted by Gasteiger charge is -2.05. The predicted octanol–water partition coefficient (Wildman–Crippen LogP) is 0.267. The maximum atomic E-state index is 11.3. The Balaban J connectivity index is 2.68. The van der Waals surface area contributed by atoms with Gasteiger partial charge in [-0.1, -0.05) is 0 Å². The number of amides is 1. The molecule has 6 nitrogen and oxygen atoms in total. The lowest BCUT2D eigenvalue weighted by molar-refractivity contribution is -0.120. The average Bonchev–Trinajstić information content (AvgIpc) is 2.57. The molecule has 0 spiro atoms. The SMILES string of the molecule is CCOCC(=O)Nc1c(C#N)cnn1C. The van der Waals surface area contributed by atoms with E-state index in [1.54, 1.807) is 14.0 Å². The number of carbonyl (C=O) groups excluding carboxylic acids is 1. The van der Waals surface area contributed by atoms with Crippen LogP contribution in [0.5, 0.6) is 0 Å². The Hall–Kier alpha value is -1.87. The van der Waals surface area contributed by atoms with Crippen LogP contribution in [0.15, 0.2) is 6.20 Å². The topological polar surface area (TPSA) is 79.9 Å². The third-order valence-corrected chi connectivity index (χ3v) is 1.75. The van der Waals surface area contributed by atoms with E-state index in [4.69, 9.17) is 10.00 Å². The highest BCUT2D eigenvalue weighted by molar-refractivity contribution is 5.92. The number of hydrogen-bond donors (Lipinski definition) is 1. The van der Waals surface area contributed by atoms with E-state index in [9.17, 15) is 4.79 Å². The van der Waals surface area contributed by atoms with Crippen LogP contribution < -0.4 is 5.32 Å². The third-order valence-electron chi connectivity index (χ3n) is 1.75. The number of carbonyl (C=O) groups is 1. The molecule has 1 N–H and O–H groups in total. The van der Waals surface area contributed by atoms with Gasteiger partial charge in [-0.05, 0) is 6.92 Å². The summed E-state index contributed by atoms with van der Waals surface area (Å²) in [6, 6.07) is 1.94. The van der Waals surface area contributed by atoms with Gasteiger partial charge in [0.15, 0.2) is 0 Å². The quantitative estimate of drug-likeness (QED) is 0.770. The van der Waals surface area contributed by atoms with Crippen molar-refractivity contribution in [3.05, 3.63) is 11.8 Å². The Morgan fingerprint density at radius 2 is 2.53 bits per heavy atom. The van der Waals surface area contributed by atoms with Gasteiger partial charge >= 0.3 is 0 Å². The van der Waals surface area contributed by atoms with E-state index in [-0.39, 0.29) is 12.5 Å². The molecule has 0 atom stereocenters. The van der Waals surface area contributed by atoms with Gasteiger partial charge in [-0.3, -0.25) is 9.48 Å². The van der Waals surface area contributed by atoms with Crippen LogP contribution >= 0.6 is 0 Å². The van der Waals surface area contributed by atoms with E-state index >= 15 is 0 Å². The lowest BCUT2D eigenvalue weighted by Crippen LogP contribution is -2.20. The van der Waals surface area contributed by atoms with Gasteiger partial charge < -0.3 is 10.1 Å². The zero-order valence-electron chi connectivity index (χ0n) is 8.65. The Kier molecular flexibility index (Phi) is 3.83. The van der Waals surface area contributed by atoms with E-state index in [1.807, 2.05) is 6.07 Å². The van der Waals surface area contributed by atoms with Crippen LogP contribution in [-0.2, 0) is 16.6 Å². The maximum Gasteiger partial charge on any atom is 0.251 e. The Morgan fingerprint density at radius 1 is 1.80 bits per heavy atom. The summed E-state index contributed by atoms with van der Waals surface area (Å²) in [5.41, 5.74) is 0.336. The molecule has 0 saturated carbocycles. The highest BCUT2D eigenvalue weighted by atomic mass is 16.5. The van der Waals surface area contributed by atoms with E-state index in [1.165, 1.54) is 10.9 Å². The molecule has 1 aromatic heterocycles. The minimum Gasteiger partial charge on any atom is -0.372 e. The van der Waals surface area contributed by atoms with Gasteiger partial charge in [-0.2, -0.15) is 10.4 Å². The molecule has 1 heterocycles. The maximum absolute atomic E-state index is 11.3. The predicted molar refractivity (Wildman–Crippen MR) is 53.0 cm³/mol. The molecule has 0 aliphatic heterocycles. The van der Waals surface area contributed by atoms with Gasteiger partial charge in [-0.25, -0.2) is 0 Å². The van der Waals surface area contributed by atoms with Crippen LogP contribution in [0.1, 0.15) is 12.5 Å². The number of hydrogen-bond acceptors (Lipinski definition) is 4. The molecule has 6 heteroatoms. The summed E-state index contributed by atoms with van der Waals surface area (Å²) in [5, 5.41) is 15.2. The standard InChI is InChI=1S/C9H12N4O2/c1-3-15-6-8(14)12-9-7(4-10)5-11-13(9)2/h5H,3,6H2,1-2H3,(H,12,14). The van der Waals surface area contributed by atoms with E-state index < -0.39 is 0 Å². The minimum absolute atomic E-state index is 0.0213. The number of anilines is 1. The monoisotopic (exact) mass is 208 g/mol. The van der Waals surface area contributed by atoms with E-state index in [0.29, 0.717) is 18.0 Å². The Morgan fingerprint density at radius 3 is 3.13 bits per heavy atom. The lowest BCUT2D eigenvalue weighted by atomic mass is 10.3. The van der Waals surface area contributed by atoms with Crippen LogP contribution in [0, 0.1) is 11.3 Å². The van der Waals surface area contributed by atoms with Crippen molar-refractivity contribution in [2.45, 2.75) is 6.92 Å².